The van der Waals surface area contributed by atoms with E-state index in [1.54, 1.807) is 0 Å². The molecular formula is C19H16BrN5. The molecule has 5 nitrogen and oxygen atoms in total. The van der Waals surface area contributed by atoms with Crippen LogP contribution in [0, 0.1) is 45.3 Å². The van der Waals surface area contributed by atoms with Crippen molar-refractivity contribution in [2.24, 2.45) is 17.1 Å². The molecule has 0 aromatic heterocycles. The molecule has 0 saturated carbocycles. The highest BCUT2D eigenvalue weighted by atomic mass is 79.9. The molecule has 1 aliphatic heterocycles. The van der Waals surface area contributed by atoms with Crippen LogP contribution >= 0.6 is 15.9 Å². The molecule has 6 heteroatoms. The molecule has 0 fully saturated rings. The van der Waals surface area contributed by atoms with Crippen LogP contribution in [0.5, 0.6) is 0 Å². The highest BCUT2D eigenvalue weighted by Crippen LogP contribution is 2.55. The predicted molar refractivity (Wildman–Crippen MR) is 96.4 cm³/mol. The normalized spacial score (nSPS) is 25.2. The van der Waals surface area contributed by atoms with Crippen molar-refractivity contribution in [3.63, 3.8) is 0 Å². The highest BCUT2D eigenvalue weighted by molar-refractivity contribution is 9.10. The number of allylic oxidation sites excluding steroid dienone is 2. The third kappa shape index (κ3) is 2.45. The van der Waals surface area contributed by atoms with E-state index in [0.29, 0.717) is 13.1 Å². The van der Waals surface area contributed by atoms with Gasteiger partial charge in [-0.2, -0.15) is 15.8 Å². The second kappa shape index (κ2) is 6.37. The average molecular weight is 394 g/mol. The van der Waals surface area contributed by atoms with Gasteiger partial charge in [0.2, 0.25) is 0 Å². The molecule has 2 atom stereocenters. The molecule has 2 N–H and O–H groups in total. The van der Waals surface area contributed by atoms with Crippen molar-refractivity contribution in [3.05, 3.63) is 57.2 Å². The van der Waals surface area contributed by atoms with Gasteiger partial charge in [0.25, 0.3) is 0 Å². The van der Waals surface area contributed by atoms with E-state index in [1.807, 2.05) is 37.4 Å². The summed E-state index contributed by atoms with van der Waals surface area (Å²) >= 11 is 3.55. The lowest BCUT2D eigenvalue weighted by Crippen LogP contribution is -2.47. The zero-order valence-electron chi connectivity index (χ0n) is 13.7. The van der Waals surface area contributed by atoms with Crippen LogP contribution in [0.25, 0.3) is 0 Å². The summed E-state index contributed by atoms with van der Waals surface area (Å²) in [5, 5.41) is 29.5. The first-order valence-corrected chi connectivity index (χ1v) is 8.65. The van der Waals surface area contributed by atoms with Crippen LogP contribution in [0.1, 0.15) is 11.5 Å². The fraction of sp³-hybridized carbons (Fsp3) is 0.316. The summed E-state index contributed by atoms with van der Waals surface area (Å²) in [7, 11) is 1.98. The van der Waals surface area contributed by atoms with Crippen LogP contribution in [0.15, 0.2) is 51.7 Å². The van der Waals surface area contributed by atoms with Crippen LogP contribution in [-0.4, -0.2) is 25.0 Å². The molecule has 2 aliphatic rings. The Kier molecular flexibility index (Phi) is 4.39. The van der Waals surface area contributed by atoms with Crippen LogP contribution in [-0.2, 0) is 0 Å². The minimum absolute atomic E-state index is 0.0628. The summed E-state index contributed by atoms with van der Waals surface area (Å²) in [6.45, 7) is 1.36. The summed E-state index contributed by atoms with van der Waals surface area (Å²) in [4.78, 5) is 2.12. The third-order valence-corrected chi connectivity index (χ3v) is 5.81. The Morgan fingerprint density at radius 2 is 1.92 bits per heavy atom. The summed E-state index contributed by atoms with van der Waals surface area (Å²) in [6, 6.07) is 14.0. The second-order valence-corrected chi connectivity index (χ2v) is 7.27. The van der Waals surface area contributed by atoms with Gasteiger partial charge in [-0.05, 0) is 24.3 Å². The lowest BCUT2D eigenvalue weighted by molar-refractivity contribution is 0.237. The minimum atomic E-state index is -1.57. The van der Waals surface area contributed by atoms with E-state index < -0.39 is 11.3 Å². The van der Waals surface area contributed by atoms with Gasteiger partial charge in [-0.25, -0.2) is 0 Å². The van der Waals surface area contributed by atoms with Gasteiger partial charge in [0.1, 0.15) is 6.07 Å². The number of hydrogen-bond donors (Lipinski definition) is 1. The molecule has 25 heavy (non-hydrogen) atoms. The minimum Gasteiger partial charge on any atom is -0.399 e. The first-order valence-electron chi connectivity index (χ1n) is 7.86. The summed E-state index contributed by atoms with van der Waals surface area (Å²) in [5.74, 6) is -0.608. The van der Waals surface area contributed by atoms with E-state index in [-0.39, 0.29) is 17.2 Å². The van der Waals surface area contributed by atoms with E-state index in [9.17, 15) is 15.8 Å². The first-order chi connectivity index (χ1) is 12.0. The Balaban J connectivity index is 2.37. The van der Waals surface area contributed by atoms with Crippen molar-refractivity contribution in [3.8, 4) is 18.2 Å². The van der Waals surface area contributed by atoms with Crippen molar-refractivity contribution in [2.45, 2.75) is 5.92 Å². The largest absolute Gasteiger partial charge is 0.399 e. The smallest absolute Gasteiger partial charge is 0.191 e. The van der Waals surface area contributed by atoms with E-state index in [4.69, 9.17) is 5.73 Å². The zero-order chi connectivity index (χ0) is 18.2. The van der Waals surface area contributed by atoms with Gasteiger partial charge in [0, 0.05) is 29.4 Å². The lowest BCUT2D eigenvalue weighted by Gasteiger charge is -2.45. The topological polar surface area (TPSA) is 101 Å². The molecule has 0 saturated heterocycles. The number of likely N-dealkylation sites (N-methyl/N-ethyl adjacent to an activating group) is 1. The monoisotopic (exact) mass is 393 g/mol. The third-order valence-electron chi connectivity index (χ3n) is 5.09. The molecule has 0 unspecified atom stereocenters. The zero-order valence-corrected chi connectivity index (χ0v) is 15.3. The Morgan fingerprint density at radius 1 is 1.24 bits per heavy atom. The number of hydrogen-bond acceptors (Lipinski definition) is 5. The number of nitrogens with zero attached hydrogens (tertiary/aromatic N) is 4. The molecule has 124 valence electrons. The van der Waals surface area contributed by atoms with Crippen LogP contribution in [0.2, 0.25) is 0 Å². The maximum Gasteiger partial charge on any atom is 0.191 e. The molecule has 0 bridgehead atoms. The fourth-order valence-electron chi connectivity index (χ4n) is 3.90. The lowest BCUT2D eigenvalue weighted by atomic mass is 9.58. The molecule has 1 aromatic carbocycles. The molecule has 0 spiro atoms. The average Bonchev–Trinajstić information content (AvgIpc) is 2.62. The predicted octanol–water partition coefficient (Wildman–Crippen LogP) is 2.80. The van der Waals surface area contributed by atoms with Gasteiger partial charge in [0.15, 0.2) is 5.41 Å². The Bertz CT molecular complexity index is 895. The number of benzene rings is 1. The summed E-state index contributed by atoms with van der Waals surface area (Å²) in [6.07, 6.45) is 1.99. The van der Waals surface area contributed by atoms with E-state index in [1.165, 1.54) is 0 Å². The maximum atomic E-state index is 9.96. The van der Waals surface area contributed by atoms with Gasteiger partial charge in [-0.15, -0.1) is 0 Å². The molecule has 0 amide bonds. The van der Waals surface area contributed by atoms with Crippen LogP contribution in [0.3, 0.4) is 0 Å². The van der Waals surface area contributed by atoms with Gasteiger partial charge >= 0.3 is 0 Å². The SMILES string of the molecule is CN1CC=C2C(C#N)=C(N)C(C#N)(C#N)[C@@H](c3ccccc3Br)[C@H]2C1. The van der Waals surface area contributed by atoms with Crippen molar-refractivity contribution >= 4 is 15.9 Å². The number of fused-ring (bicyclic) bond motifs is 1. The van der Waals surface area contributed by atoms with Crippen LogP contribution in [0.4, 0.5) is 0 Å². The molecular weight excluding hydrogens is 378 g/mol. The number of halogens is 1. The van der Waals surface area contributed by atoms with Gasteiger partial charge in [-0.3, -0.25) is 0 Å². The van der Waals surface area contributed by atoms with Gasteiger partial charge in [-0.1, -0.05) is 40.2 Å². The van der Waals surface area contributed by atoms with Crippen LogP contribution < -0.4 is 5.73 Å². The van der Waals surface area contributed by atoms with Gasteiger partial charge in [0.05, 0.1) is 23.4 Å². The van der Waals surface area contributed by atoms with E-state index in [2.05, 4.69) is 39.0 Å². The number of rotatable bonds is 1. The number of nitriles is 3. The quantitative estimate of drug-likeness (QED) is 0.790. The van der Waals surface area contributed by atoms with Crippen molar-refractivity contribution in [1.29, 1.82) is 15.8 Å². The fourth-order valence-corrected chi connectivity index (χ4v) is 4.43. The number of nitrogens with two attached hydrogens (primary N) is 1. The van der Waals surface area contributed by atoms with Crippen molar-refractivity contribution in [1.82, 2.24) is 4.90 Å². The Morgan fingerprint density at radius 3 is 2.52 bits per heavy atom. The standard InChI is InChI=1S/C19H16BrN5/c1-25-7-6-12-14(8-21)18(24)19(10-22,11-23)17(15(12)9-25)13-4-2-3-5-16(13)20/h2-6,15,17H,7,9,24H2,1H3/t15-,17-/m0/s1. The van der Waals surface area contributed by atoms with Crippen molar-refractivity contribution < 1.29 is 0 Å². The summed E-state index contributed by atoms with van der Waals surface area (Å²) < 4.78 is 0.829. The molecule has 1 heterocycles. The molecule has 0 radical (unpaired) electrons. The molecule has 3 rings (SSSR count). The van der Waals surface area contributed by atoms with Gasteiger partial charge < -0.3 is 10.6 Å². The van der Waals surface area contributed by atoms with Crippen molar-refractivity contribution in [2.75, 3.05) is 20.1 Å². The molecule has 1 aliphatic carbocycles. The molecule has 1 aromatic rings. The van der Waals surface area contributed by atoms with E-state index >= 15 is 0 Å². The van der Waals surface area contributed by atoms with E-state index in [0.717, 1.165) is 15.6 Å². The Hall–Kier alpha value is -2.59. The Labute approximate surface area is 155 Å². The summed E-state index contributed by atoms with van der Waals surface area (Å²) in [5.41, 5.74) is 6.73. The maximum absolute atomic E-state index is 9.96. The first kappa shape index (κ1) is 17.2. The highest BCUT2D eigenvalue weighted by Gasteiger charge is 2.54. The second-order valence-electron chi connectivity index (χ2n) is 6.42.